The molecule has 1 heterocycles. The van der Waals surface area contributed by atoms with E-state index in [0.29, 0.717) is 6.04 Å². The van der Waals surface area contributed by atoms with Gasteiger partial charge >= 0.3 is 0 Å². The molecule has 3 nitrogen and oxygen atoms in total. The maximum atomic E-state index is 5.86. The molecule has 0 bridgehead atoms. The molecule has 0 amide bonds. The smallest absolute Gasteiger partial charge is 0.214 e. The van der Waals surface area contributed by atoms with Crippen LogP contribution < -0.4 is 10.1 Å². The van der Waals surface area contributed by atoms with Crippen molar-refractivity contribution in [1.82, 2.24) is 10.3 Å². The Morgan fingerprint density at radius 1 is 1.21 bits per heavy atom. The fourth-order valence-electron chi connectivity index (χ4n) is 1.78. The number of pyridine rings is 1. The Morgan fingerprint density at radius 3 is 2.53 bits per heavy atom. The summed E-state index contributed by atoms with van der Waals surface area (Å²) in [5.41, 5.74) is 2.38. The van der Waals surface area contributed by atoms with E-state index in [4.69, 9.17) is 4.74 Å². The lowest BCUT2D eigenvalue weighted by atomic mass is 10.1. The number of nitrogens with one attached hydrogen (secondary N) is 1. The molecule has 19 heavy (non-hydrogen) atoms. The van der Waals surface area contributed by atoms with Gasteiger partial charge in [0.1, 0.15) is 0 Å². The van der Waals surface area contributed by atoms with Crippen molar-refractivity contribution in [2.45, 2.75) is 72.6 Å². The van der Waals surface area contributed by atoms with E-state index in [-0.39, 0.29) is 6.10 Å². The van der Waals surface area contributed by atoms with Crippen molar-refractivity contribution >= 4 is 0 Å². The number of rotatable bonds is 8. The van der Waals surface area contributed by atoms with Gasteiger partial charge in [0.05, 0.1) is 6.10 Å². The standard InChI is InChI=1S/C16H28N2O/c1-6-8-15-9-14(11-17-12(3)4)10-16(18-15)19-13(5)7-2/h9-10,12-13,17H,6-8,11H2,1-5H3. The fourth-order valence-corrected chi connectivity index (χ4v) is 1.78. The first kappa shape index (κ1) is 16.0. The lowest BCUT2D eigenvalue weighted by molar-refractivity contribution is 0.208. The topological polar surface area (TPSA) is 34.1 Å². The normalized spacial score (nSPS) is 12.7. The highest BCUT2D eigenvalue weighted by Crippen LogP contribution is 2.16. The predicted octanol–water partition coefficient (Wildman–Crippen LogP) is 3.71. The highest BCUT2D eigenvalue weighted by molar-refractivity contribution is 5.25. The highest BCUT2D eigenvalue weighted by atomic mass is 16.5. The van der Waals surface area contributed by atoms with Crippen molar-refractivity contribution in [3.63, 3.8) is 0 Å². The van der Waals surface area contributed by atoms with Crippen molar-refractivity contribution in [3.8, 4) is 5.88 Å². The minimum absolute atomic E-state index is 0.218. The van der Waals surface area contributed by atoms with Crippen molar-refractivity contribution in [2.75, 3.05) is 0 Å². The number of nitrogens with zero attached hydrogens (tertiary/aromatic N) is 1. The summed E-state index contributed by atoms with van der Waals surface area (Å²) in [6.07, 6.45) is 3.33. The lowest BCUT2D eigenvalue weighted by Crippen LogP contribution is -2.22. The van der Waals surface area contributed by atoms with Gasteiger partial charge in [-0.3, -0.25) is 0 Å². The van der Waals surface area contributed by atoms with Crippen LogP contribution in [0.4, 0.5) is 0 Å². The summed E-state index contributed by atoms with van der Waals surface area (Å²) >= 11 is 0. The first-order valence-corrected chi connectivity index (χ1v) is 7.45. The van der Waals surface area contributed by atoms with Crippen LogP contribution >= 0.6 is 0 Å². The molecule has 3 heteroatoms. The van der Waals surface area contributed by atoms with E-state index in [9.17, 15) is 0 Å². The zero-order chi connectivity index (χ0) is 14.3. The summed E-state index contributed by atoms with van der Waals surface area (Å²) in [6.45, 7) is 11.6. The third-order valence-corrected chi connectivity index (χ3v) is 3.03. The van der Waals surface area contributed by atoms with Crippen LogP contribution in [0.25, 0.3) is 0 Å². The third kappa shape index (κ3) is 6.06. The molecule has 108 valence electrons. The molecule has 0 fully saturated rings. The van der Waals surface area contributed by atoms with E-state index in [0.717, 1.165) is 37.4 Å². The summed E-state index contributed by atoms with van der Waals surface area (Å²) in [5, 5.41) is 3.44. The minimum Gasteiger partial charge on any atom is -0.475 e. The van der Waals surface area contributed by atoms with E-state index < -0.39 is 0 Å². The average Bonchev–Trinajstić information content (AvgIpc) is 2.36. The molecule has 0 saturated heterocycles. The Labute approximate surface area is 117 Å². The highest BCUT2D eigenvalue weighted by Gasteiger charge is 2.07. The number of hydrogen-bond donors (Lipinski definition) is 1. The second-order valence-corrected chi connectivity index (χ2v) is 5.43. The molecule has 0 saturated carbocycles. The van der Waals surface area contributed by atoms with E-state index in [1.807, 2.05) is 0 Å². The zero-order valence-electron chi connectivity index (χ0n) is 13.0. The summed E-state index contributed by atoms with van der Waals surface area (Å²) in [7, 11) is 0. The van der Waals surface area contributed by atoms with Gasteiger partial charge in [0, 0.05) is 24.3 Å². The Balaban J connectivity index is 2.83. The Morgan fingerprint density at radius 2 is 1.95 bits per heavy atom. The van der Waals surface area contributed by atoms with Crippen LogP contribution in [0.1, 0.15) is 58.7 Å². The van der Waals surface area contributed by atoms with Crippen LogP contribution in [-0.4, -0.2) is 17.1 Å². The summed E-state index contributed by atoms with van der Waals surface area (Å²) in [5.74, 6) is 0.765. The average molecular weight is 264 g/mol. The van der Waals surface area contributed by atoms with E-state index in [1.54, 1.807) is 0 Å². The molecule has 0 aliphatic carbocycles. The molecule has 0 aliphatic heterocycles. The molecular weight excluding hydrogens is 236 g/mol. The maximum absolute atomic E-state index is 5.86. The second-order valence-electron chi connectivity index (χ2n) is 5.43. The number of ether oxygens (including phenoxy) is 1. The molecule has 1 unspecified atom stereocenters. The van der Waals surface area contributed by atoms with Crippen LogP contribution in [-0.2, 0) is 13.0 Å². The molecule has 1 rings (SSSR count). The summed E-state index contributed by atoms with van der Waals surface area (Å²) in [6, 6.07) is 4.73. The van der Waals surface area contributed by atoms with Gasteiger partial charge in [-0.1, -0.05) is 34.1 Å². The van der Waals surface area contributed by atoms with Gasteiger partial charge in [0.25, 0.3) is 0 Å². The zero-order valence-corrected chi connectivity index (χ0v) is 13.0. The van der Waals surface area contributed by atoms with Gasteiger partial charge in [-0.05, 0) is 31.4 Å². The van der Waals surface area contributed by atoms with Crippen LogP contribution in [0.2, 0.25) is 0 Å². The van der Waals surface area contributed by atoms with Gasteiger partial charge in [-0.25, -0.2) is 4.98 Å². The Bertz CT molecular complexity index is 377. The molecule has 0 spiro atoms. The number of hydrogen-bond acceptors (Lipinski definition) is 3. The molecule has 0 radical (unpaired) electrons. The number of aromatic nitrogens is 1. The quantitative estimate of drug-likeness (QED) is 0.777. The Hall–Kier alpha value is -1.09. The summed E-state index contributed by atoms with van der Waals surface area (Å²) < 4.78 is 5.86. The van der Waals surface area contributed by atoms with Gasteiger partial charge in [0.15, 0.2) is 0 Å². The number of aryl methyl sites for hydroxylation is 1. The molecule has 0 aliphatic rings. The first-order chi connectivity index (χ1) is 9.05. The maximum Gasteiger partial charge on any atom is 0.214 e. The van der Waals surface area contributed by atoms with E-state index >= 15 is 0 Å². The van der Waals surface area contributed by atoms with Gasteiger partial charge in [-0.15, -0.1) is 0 Å². The van der Waals surface area contributed by atoms with Gasteiger partial charge < -0.3 is 10.1 Å². The molecule has 1 N–H and O–H groups in total. The van der Waals surface area contributed by atoms with Crippen LogP contribution in [0, 0.1) is 0 Å². The minimum atomic E-state index is 0.218. The van der Waals surface area contributed by atoms with Crippen LogP contribution in [0.3, 0.4) is 0 Å². The molecule has 0 aromatic carbocycles. The largest absolute Gasteiger partial charge is 0.475 e. The first-order valence-electron chi connectivity index (χ1n) is 7.45. The molecule has 1 atom stereocenters. The Kier molecular flexibility index (Phi) is 6.85. The van der Waals surface area contributed by atoms with Gasteiger partial charge in [-0.2, -0.15) is 0 Å². The fraction of sp³-hybridized carbons (Fsp3) is 0.688. The van der Waals surface area contributed by atoms with Crippen molar-refractivity contribution < 1.29 is 4.74 Å². The lowest BCUT2D eigenvalue weighted by Gasteiger charge is -2.15. The van der Waals surface area contributed by atoms with E-state index in [1.165, 1.54) is 5.56 Å². The molecule has 1 aromatic heterocycles. The SMILES string of the molecule is CCCc1cc(CNC(C)C)cc(OC(C)CC)n1. The monoisotopic (exact) mass is 264 g/mol. The third-order valence-electron chi connectivity index (χ3n) is 3.03. The van der Waals surface area contributed by atoms with Crippen LogP contribution in [0.15, 0.2) is 12.1 Å². The predicted molar refractivity (Wildman–Crippen MR) is 80.6 cm³/mol. The van der Waals surface area contributed by atoms with Crippen molar-refractivity contribution in [2.24, 2.45) is 0 Å². The second kappa shape index (κ2) is 8.16. The molecule has 1 aromatic rings. The van der Waals surface area contributed by atoms with E-state index in [2.05, 4.69) is 57.1 Å². The molecular formula is C16H28N2O. The van der Waals surface area contributed by atoms with Crippen LogP contribution in [0.5, 0.6) is 5.88 Å². The van der Waals surface area contributed by atoms with Crippen molar-refractivity contribution in [3.05, 3.63) is 23.4 Å². The van der Waals surface area contributed by atoms with Gasteiger partial charge in [0.2, 0.25) is 5.88 Å². The van der Waals surface area contributed by atoms with Crippen molar-refractivity contribution in [1.29, 1.82) is 0 Å². The summed E-state index contributed by atoms with van der Waals surface area (Å²) in [4.78, 5) is 4.59.